The number of hydrogen-bond donors (Lipinski definition) is 1. The Bertz CT molecular complexity index is 1020. The van der Waals surface area contributed by atoms with Crippen molar-refractivity contribution in [3.05, 3.63) is 53.3 Å². The number of aromatic nitrogens is 2. The summed E-state index contributed by atoms with van der Waals surface area (Å²) >= 11 is 0. The Hall–Kier alpha value is -3.02. The monoisotopic (exact) mass is 363 g/mol. The average Bonchev–Trinajstić information content (AvgIpc) is 3.22. The Morgan fingerprint density at radius 3 is 2.96 bits per heavy atom. The molecule has 2 aliphatic heterocycles. The molecule has 6 heteroatoms. The van der Waals surface area contributed by atoms with Crippen LogP contribution in [0.1, 0.15) is 41.0 Å². The van der Waals surface area contributed by atoms with E-state index in [0.717, 1.165) is 46.9 Å². The van der Waals surface area contributed by atoms with Gasteiger partial charge in [-0.3, -0.25) is 4.79 Å². The highest BCUT2D eigenvalue weighted by Gasteiger charge is 2.16. The van der Waals surface area contributed by atoms with E-state index in [-0.39, 0.29) is 12.7 Å². The highest BCUT2D eigenvalue weighted by atomic mass is 16.7. The minimum atomic E-state index is -0.0993. The van der Waals surface area contributed by atoms with Crippen molar-refractivity contribution in [2.24, 2.45) is 0 Å². The maximum Gasteiger partial charge on any atom is 0.251 e. The number of rotatable bonds is 3. The first-order valence-electron chi connectivity index (χ1n) is 9.44. The van der Waals surface area contributed by atoms with Gasteiger partial charge in [0, 0.05) is 25.1 Å². The van der Waals surface area contributed by atoms with Gasteiger partial charge in [-0.1, -0.05) is 12.5 Å². The van der Waals surface area contributed by atoms with E-state index in [4.69, 9.17) is 14.5 Å². The molecule has 0 saturated carbocycles. The molecule has 0 unspecified atom stereocenters. The van der Waals surface area contributed by atoms with Crippen LogP contribution in [0.2, 0.25) is 0 Å². The first kappa shape index (κ1) is 16.2. The van der Waals surface area contributed by atoms with E-state index in [1.54, 1.807) is 0 Å². The van der Waals surface area contributed by atoms with E-state index in [2.05, 4.69) is 9.88 Å². The van der Waals surface area contributed by atoms with Crippen LogP contribution in [0, 0.1) is 0 Å². The van der Waals surface area contributed by atoms with Crippen molar-refractivity contribution in [2.75, 3.05) is 6.79 Å². The first-order valence-corrected chi connectivity index (χ1v) is 9.44. The molecule has 2 aliphatic rings. The minimum absolute atomic E-state index is 0.0993. The van der Waals surface area contributed by atoms with E-state index in [1.807, 2.05) is 36.4 Å². The third-order valence-electron chi connectivity index (χ3n) is 5.26. The summed E-state index contributed by atoms with van der Waals surface area (Å²) in [6.07, 6.45) is 4.65. The van der Waals surface area contributed by atoms with Gasteiger partial charge in [0.2, 0.25) is 6.79 Å². The van der Waals surface area contributed by atoms with Crippen molar-refractivity contribution >= 4 is 16.9 Å². The van der Waals surface area contributed by atoms with Crippen molar-refractivity contribution in [3.8, 4) is 11.5 Å². The topological polar surface area (TPSA) is 65.4 Å². The second-order valence-electron chi connectivity index (χ2n) is 7.06. The number of amides is 1. The Kier molecular flexibility index (Phi) is 3.96. The predicted octanol–water partition coefficient (Wildman–Crippen LogP) is 3.42. The van der Waals surface area contributed by atoms with Crippen LogP contribution in [0.3, 0.4) is 0 Å². The Labute approximate surface area is 157 Å². The molecule has 6 nitrogen and oxygen atoms in total. The average molecular weight is 363 g/mol. The molecule has 0 radical (unpaired) electrons. The normalized spacial score (nSPS) is 15.4. The molecule has 0 atom stereocenters. The number of carbonyl (C=O) groups excluding carboxylic acids is 1. The van der Waals surface area contributed by atoms with Crippen molar-refractivity contribution in [2.45, 2.75) is 38.8 Å². The molecule has 0 aliphatic carbocycles. The summed E-state index contributed by atoms with van der Waals surface area (Å²) < 4.78 is 13.0. The molecule has 2 aromatic carbocycles. The van der Waals surface area contributed by atoms with Crippen LogP contribution in [-0.2, 0) is 19.5 Å². The van der Waals surface area contributed by atoms with E-state index in [0.29, 0.717) is 12.1 Å². The second kappa shape index (κ2) is 6.61. The molecule has 0 spiro atoms. The fraction of sp³-hybridized carbons (Fsp3) is 0.333. The summed E-state index contributed by atoms with van der Waals surface area (Å²) in [6.45, 7) is 1.70. The van der Waals surface area contributed by atoms with Crippen LogP contribution in [0.25, 0.3) is 11.0 Å². The summed E-state index contributed by atoms with van der Waals surface area (Å²) in [7, 11) is 0. The predicted molar refractivity (Wildman–Crippen MR) is 101 cm³/mol. The number of imidazole rings is 1. The number of fused-ring (bicyclic) bond motifs is 4. The Morgan fingerprint density at radius 1 is 1.07 bits per heavy atom. The molecule has 3 aromatic rings. The number of nitrogens with zero attached hydrogens (tertiary/aromatic N) is 2. The molecular weight excluding hydrogens is 342 g/mol. The van der Waals surface area contributed by atoms with Gasteiger partial charge in [-0.2, -0.15) is 0 Å². The van der Waals surface area contributed by atoms with Crippen LogP contribution >= 0.6 is 0 Å². The molecule has 1 N–H and O–H groups in total. The van der Waals surface area contributed by atoms with Crippen molar-refractivity contribution in [1.82, 2.24) is 14.9 Å². The smallest absolute Gasteiger partial charge is 0.251 e. The van der Waals surface area contributed by atoms with Crippen LogP contribution < -0.4 is 14.8 Å². The van der Waals surface area contributed by atoms with Crippen LogP contribution in [0.4, 0.5) is 0 Å². The van der Waals surface area contributed by atoms with Gasteiger partial charge < -0.3 is 19.4 Å². The largest absolute Gasteiger partial charge is 0.454 e. The molecule has 0 saturated heterocycles. The molecule has 5 rings (SSSR count). The second-order valence-corrected chi connectivity index (χ2v) is 7.06. The van der Waals surface area contributed by atoms with Crippen molar-refractivity contribution < 1.29 is 14.3 Å². The maximum absolute atomic E-state index is 12.6. The highest BCUT2D eigenvalue weighted by molar-refractivity contribution is 5.97. The van der Waals surface area contributed by atoms with Crippen molar-refractivity contribution in [3.63, 3.8) is 0 Å². The van der Waals surface area contributed by atoms with Gasteiger partial charge in [-0.05, 0) is 48.7 Å². The van der Waals surface area contributed by atoms with Gasteiger partial charge in [0.05, 0.1) is 11.0 Å². The third-order valence-corrected chi connectivity index (χ3v) is 5.26. The fourth-order valence-electron chi connectivity index (χ4n) is 3.83. The summed E-state index contributed by atoms with van der Waals surface area (Å²) in [5, 5.41) is 2.97. The summed E-state index contributed by atoms with van der Waals surface area (Å²) in [5.74, 6) is 2.51. The standard InChI is InChI=1S/C21H21N3O3/c25-21(22-12-14-5-8-18-19(10-14)27-13-26-18)15-6-7-17-16(11-15)23-20-4-2-1-3-9-24(17)20/h5-8,10-11H,1-4,9,12-13H2,(H,22,25). The molecule has 27 heavy (non-hydrogen) atoms. The van der Waals surface area contributed by atoms with E-state index >= 15 is 0 Å². The SMILES string of the molecule is O=C(NCc1ccc2c(c1)OCO2)c1ccc2c(c1)nc1n2CCCCC1. The van der Waals surface area contributed by atoms with E-state index < -0.39 is 0 Å². The molecule has 1 aromatic heterocycles. The molecular formula is C21H21N3O3. The first-order chi connectivity index (χ1) is 13.3. The summed E-state index contributed by atoms with van der Waals surface area (Å²) in [5.41, 5.74) is 3.64. The summed E-state index contributed by atoms with van der Waals surface area (Å²) in [4.78, 5) is 17.4. The van der Waals surface area contributed by atoms with Gasteiger partial charge in [0.25, 0.3) is 5.91 Å². The van der Waals surface area contributed by atoms with Gasteiger partial charge in [-0.15, -0.1) is 0 Å². The molecule has 138 valence electrons. The Balaban J connectivity index is 1.33. The molecule has 3 heterocycles. The number of hydrogen-bond acceptors (Lipinski definition) is 4. The highest BCUT2D eigenvalue weighted by Crippen LogP contribution is 2.32. The lowest BCUT2D eigenvalue weighted by Gasteiger charge is -2.07. The zero-order chi connectivity index (χ0) is 18.2. The number of carbonyl (C=O) groups is 1. The zero-order valence-corrected chi connectivity index (χ0v) is 15.0. The van der Waals surface area contributed by atoms with Gasteiger partial charge in [0.15, 0.2) is 11.5 Å². The minimum Gasteiger partial charge on any atom is -0.454 e. The van der Waals surface area contributed by atoms with E-state index in [9.17, 15) is 4.79 Å². The number of ether oxygens (including phenoxy) is 2. The summed E-state index contributed by atoms with van der Waals surface area (Å²) in [6, 6.07) is 11.5. The molecule has 1 amide bonds. The maximum atomic E-state index is 12.6. The van der Waals surface area contributed by atoms with Gasteiger partial charge in [0.1, 0.15) is 5.82 Å². The lowest BCUT2D eigenvalue weighted by Crippen LogP contribution is -2.22. The van der Waals surface area contributed by atoms with Gasteiger partial charge >= 0.3 is 0 Å². The number of nitrogens with one attached hydrogen (secondary N) is 1. The van der Waals surface area contributed by atoms with E-state index in [1.165, 1.54) is 19.3 Å². The zero-order valence-electron chi connectivity index (χ0n) is 15.0. The number of aryl methyl sites for hydroxylation is 2. The van der Waals surface area contributed by atoms with Gasteiger partial charge in [-0.25, -0.2) is 4.98 Å². The Morgan fingerprint density at radius 2 is 2.00 bits per heavy atom. The van der Waals surface area contributed by atoms with Crippen LogP contribution in [0.5, 0.6) is 11.5 Å². The lowest BCUT2D eigenvalue weighted by molar-refractivity contribution is 0.0951. The van der Waals surface area contributed by atoms with Crippen molar-refractivity contribution in [1.29, 1.82) is 0 Å². The lowest BCUT2D eigenvalue weighted by atomic mass is 10.1. The van der Waals surface area contributed by atoms with Crippen LogP contribution in [0.15, 0.2) is 36.4 Å². The molecule has 0 fully saturated rings. The van der Waals surface area contributed by atoms with Crippen LogP contribution in [-0.4, -0.2) is 22.3 Å². The fourth-order valence-corrected chi connectivity index (χ4v) is 3.83. The number of benzene rings is 2. The quantitative estimate of drug-likeness (QED) is 0.774. The third kappa shape index (κ3) is 3.01. The molecule has 0 bridgehead atoms.